The van der Waals surface area contributed by atoms with Gasteiger partial charge in [-0.3, -0.25) is 0 Å². The predicted molar refractivity (Wildman–Crippen MR) is 95.9 cm³/mol. The number of rotatable bonds is 3. The van der Waals surface area contributed by atoms with E-state index in [0.717, 1.165) is 33.7 Å². The van der Waals surface area contributed by atoms with E-state index in [2.05, 4.69) is 21.7 Å². The maximum atomic E-state index is 5.41. The summed E-state index contributed by atoms with van der Waals surface area (Å²) in [4.78, 5) is 3.32. The first-order valence-electron chi connectivity index (χ1n) is 6.97. The molecule has 0 atom stereocenters. The summed E-state index contributed by atoms with van der Waals surface area (Å²) in [5.41, 5.74) is 4.00. The number of benzene rings is 2. The van der Waals surface area contributed by atoms with E-state index in [0.29, 0.717) is 5.11 Å². The van der Waals surface area contributed by atoms with E-state index in [1.54, 1.807) is 7.11 Å². The summed E-state index contributed by atoms with van der Waals surface area (Å²) >= 11 is 5.41. The minimum absolute atomic E-state index is 0.524. The molecule has 2 aromatic carbocycles. The van der Waals surface area contributed by atoms with Gasteiger partial charge in [0.2, 0.25) is 0 Å². The number of H-pyrrole nitrogens is 1. The predicted octanol–water partition coefficient (Wildman–Crippen LogP) is 4.29. The van der Waals surface area contributed by atoms with Crippen molar-refractivity contribution < 1.29 is 4.74 Å². The fourth-order valence-corrected chi connectivity index (χ4v) is 2.65. The number of anilines is 2. The number of methoxy groups -OCH3 is 1. The van der Waals surface area contributed by atoms with E-state index in [9.17, 15) is 0 Å². The molecule has 22 heavy (non-hydrogen) atoms. The standard InChI is InChI=1S/C17H17N3OS/c1-11-10-12-13(18-11)7-5-8-14(12)19-17(22)20-15-6-3-4-9-16(15)21-2/h3-10,18H,1-2H3,(H2,19,20,22). The number of aromatic amines is 1. The molecule has 0 amide bonds. The van der Waals surface area contributed by atoms with Crippen LogP contribution in [0.2, 0.25) is 0 Å². The van der Waals surface area contributed by atoms with E-state index in [4.69, 9.17) is 17.0 Å². The van der Waals surface area contributed by atoms with Crippen LogP contribution in [-0.2, 0) is 0 Å². The zero-order valence-corrected chi connectivity index (χ0v) is 13.3. The molecule has 0 aliphatic heterocycles. The van der Waals surface area contributed by atoms with Crippen molar-refractivity contribution >= 4 is 39.6 Å². The Bertz CT molecular complexity index is 826. The summed E-state index contributed by atoms with van der Waals surface area (Å²) < 4.78 is 5.32. The van der Waals surface area contributed by atoms with E-state index in [1.807, 2.05) is 49.4 Å². The number of fused-ring (bicyclic) bond motifs is 1. The molecule has 3 N–H and O–H groups in total. The molecule has 5 heteroatoms. The van der Waals surface area contributed by atoms with Crippen molar-refractivity contribution in [2.45, 2.75) is 6.92 Å². The van der Waals surface area contributed by atoms with E-state index in [-0.39, 0.29) is 0 Å². The topological polar surface area (TPSA) is 49.1 Å². The third kappa shape index (κ3) is 2.89. The Balaban J connectivity index is 1.81. The van der Waals surface area contributed by atoms with Gasteiger partial charge < -0.3 is 20.4 Å². The van der Waals surface area contributed by atoms with Crippen molar-refractivity contribution in [1.29, 1.82) is 0 Å². The molecule has 1 aromatic heterocycles. The Hall–Kier alpha value is -2.53. The van der Waals surface area contributed by atoms with Crippen molar-refractivity contribution in [3.63, 3.8) is 0 Å². The molecule has 3 rings (SSSR count). The fraction of sp³-hybridized carbons (Fsp3) is 0.118. The summed E-state index contributed by atoms with van der Waals surface area (Å²) in [6, 6.07) is 15.8. The second-order valence-electron chi connectivity index (χ2n) is 5.00. The van der Waals surface area contributed by atoms with E-state index < -0.39 is 0 Å². The van der Waals surface area contributed by atoms with Crippen LogP contribution in [0, 0.1) is 6.92 Å². The first-order valence-corrected chi connectivity index (χ1v) is 7.37. The van der Waals surface area contributed by atoms with Gasteiger partial charge in [-0.2, -0.15) is 0 Å². The van der Waals surface area contributed by atoms with E-state index in [1.165, 1.54) is 0 Å². The van der Waals surface area contributed by atoms with Gasteiger partial charge in [0.15, 0.2) is 5.11 Å². The van der Waals surface area contributed by atoms with Crippen molar-refractivity contribution in [2.24, 2.45) is 0 Å². The van der Waals surface area contributed by atoms with Gasteiger partial charge in [-0.25, -0.2) is 0 Å². The molecule has 0 radical (unpaired) electrons. The van der Waals surface area contributed by atoms with Gasteiger partial charge in [0.05, 0.1) is 12.8 Å². The quantitative estimate of drug-likeness (QED) is 0.631. The molecule has 0 unspecified atom stereocenters. The number of nitrogens with one attached hydrogen (secondary N) is 3. The number of para-hydroxylation sites is 2. The van der Waals surface area contributed by atoms with E-state index >= 15 is 0 Å². The Morgan fingerprint density at radius 2 is 1.77 bits per heavy atom. The molecule has 0 aliphatic rings. The number of hydrogen-bond acceptors (Lipinski definition) is 2. The van der Waals surface area contributed by atoms with Crippen molar-refractivity contribution in [3.05, 3.63) is 54.2 Å². The normalized spacial score (nSPS) is 10.5. The molecule has 0 aliphatic carbocycles. The monoisotopic (exact) mass is 311 g/mol. The minimum Gasteiger partial charge on any atom is -0.495 e. The van der Waals surface area contributed by atoms with Crippen molar-refractivity contribution in [3.8, 4) is 5.75 Å². The van der Waals surface area contributed by atoms with Crippen LogP contribution in [0.1, 0.15) is 5.69 Å². The number of aryl methyl sites for hydroxylation is 1. The van der Waals surface area contributed by atoms with Crippen LogP contribution in [0.5, 0.6) is 5.75 Å². The smallest absolute Gasteiger partial charge is 0.175 e. The highest BCUT2D eigenvalue weighted by atomic mass is 32.1. The number of ether oxygens (including phenoxy) is 1. The Morgan fingerprint density at radius 1 is 1.05 bits per heavy atom. The Kier molecular flexibility index (Phi) is 3.98. The molecule has 0 bridgehead atoms. The Morgan fingerprint density at radius 3 is 2.59 bits per heavy atom. The van der Waals surface area contributed by atoms with Gasteiger partial charge in [0.1, 0.15) is 5.75 Å². The lowest BCUT2D eigenvalue weighted by Gasteiger charge is -2.13. The van der Waals surface area contributed by atoms with Gasteiger partial charge in [0.25, 0.3) is 0 Å². The highest BCUT2D eigenvalue weighted by molar-refractivity contribution is 7.80. The fourth-order valence-electron chi connectivity index (χ4n) is 2.43. The minimum atomic E-state index is 0.524. The van der Waals surface area contributed by atoms with Crippen LogP contribution in [-0.4, -0.2) is 17.2 Å². The SMILES string of the molecule is COc1ccccc1NC(=S)Nc1cccc2[nH]c(C)cc12. The zero-order chi connectivity index (χ0) is 15.5. The maximum absolute atomic E-state index is 5.41. The van der Waals surface area contributed by atoms with Crippen LogP contribution < -0.4 is 15.4 Å². The summed E-state index contributed by atoms with van der Waals surface area (Å²) in [6.45, 7) is 2.04. The second kappa shape index (κ2) is 6.07. The van der Waals surface area contributed by atoms with Crippen LogP contribution >= 0.6 is 12.2 Å². The molecule has 4 nitrogen and oxygen atoms in total. The third-order valence-electron chi connectivity index (χ3n) is 3.40. The molecule has 1 heterocycles. The average Bonchev–Trinajstić information content (AvgIpc) is 2.89. The van der Waals surface area contributed by atoms with Gasteiger partial charge in [-0.05, 0) is 49.5 Å². The summed E-state index contributed by atoms with van der Waals surface area (Å²) in [7, 11) is 1.64. The largest absolute Gasteiger partial charge is 0.495 e. The maximum Gasteiger partial charge on any atom is 0.175 e. The summed E-state index contributed by atoms with van der Waals surface area (Å²) in [5.74, 6) is 0.752. The molecular weight excluding hydrogens is 294 g/mol. The molecular formula is C17H17N3OS. The average molecular weight is 311 g/mol. The second-order valence-corrected chi connectivity index (χ2v) is 5.41. The van der Waals surface area contributed by atoms with Gasteiger partial charge in [-0.1, -0.05) is 18.2 Å². The summed E-state index contributed by atoms with van der Waals surface area (Å²) in [5, 5.41) is 8.05. The van der Waals surface area contributed by atoms with Crippen LogP contribution in [0.15, 0.2) is 48.5 Å². The van der Waals surface area contributed by atoms with Crippen LogP contribution in [0.3, 0.4) is 0 Å². The highest BCUT2D eigenvalue weighted by Crippen LogP contribution is 2.26. The first kappa shape index (κ1) is 14.4. The number of aromatic nitrogens is 1. The number of thiocarbonyl (C=S) groups is 1. The molecule has 112 valence electrons. The van der Waals surface area contributed by atoms with Crippen LogP contribution in [0.4, 0.5) is 11.4 Å². The molecule has 0 fully saturated rings. The van der Waals surface area contributed by atoms with Crippen LogP contribution in [0.25, 0.3) is 10.9 Å². The lowest BCUT2D eigenvalue weighted by atomic mass is 10.2. The summed E-state index contributed by atoms with van der Waals surface area (Å²) in [6.07, 6.45) is 0. The molecule has 0 saturated carbocycles. The van der Waals surface area contributed by atoms with Gasteiger partial charge in [-0.15, -0.1) is 0 Å². The molecule has 0 saturated heterocycles. The lowest BCUT2D eigenvalue weighted by Crippen LogP contribution is -2.19. The third-order valence-corrected chi connectivity index (χ3v) is 3.61. The zero-order valence-electron chi connectivity index (χ0n) is 12.4. The molecule has 3 aromatic rings. The number of hydrogen-bond donors (Lipinski definition) is 3. The lowest BCUT2D eigenvalue weighted by molar-refractivity contribution is 0.417. The van der Waals surface area contributed by atoms with Gasteiger partial charge in [0, 0.05) is 22.3 Å². The van der Waals surface area contributed by atoms with Crippen molar-refractivity contribution in [1.82, 2.24) is 4.98 Å². The van der Waals surface area contributed by atoms with Gasteiger partial charge >= 0.3 is 0 Å². The first-order chi connectivity index (χ1) is 10.7. The van der Waals surface area contributed by atoms with Crippen molar-refractivity contribution in [2.75, 3.05) is 17.7 Å². The molecule has 0 spiro atoms. The highest BCUT2D eigenvalue weighted by Gasteiger charge is 2.07. The Labute approximate surface area is 134 Å².